The summed E-state index contributed by atoms with van der Waals surface area (Å²) in [5.74, 6) is -13.9. The Morgan fingerprint density at radius 2 is 0.730 bits per heavy atom. The Morgan fingerprint density at radius 1 is 0.401 bits per heavy atom. The maximum Gasteiger partial charge on any atom is 0.407 e. The number of carbonyl (C=O) groups excluding carboxylic acids is 3. The third-order valence-corrected chi connectivity index (χ3v) is 24.6. The van der Waals surface area contributed by atoms with Crippen molar-refractivity contribution in [3.8, 4) is 0 Å². The molecule has 1 amide bonds. The van der Waals surface area contributed by atoms with Crippen LogP contribution in [0.2, 0.25) is 0 Å². The zero-order valence-corrected chi connectivity index (χ0v) is 78.4. The van der Waals surface area contributed by atoms with Gasteiger partial charge in [-0.3, -0.25) is 19.2 Å². The van der Waals surface area contributed by atoms with Gasteiger partial charge in [-0.15, -0.1) is 0 Å². The van der Waals surface area contributed by atoms with Gasteiger partial charge < -0.3 is 166 Å². The van der Waals surface area contributed by atoms with Crippen molar-refractivity contribution in [3.05, 3.63) is 183 Å². The largest absolute Gasteiger partial charge is 0.481 e. The SMILES string of the molecule is C.C=CCOC(=O)NC1C(O)C(C)OC(OC2/C=C/C=C/C=C/C=C/C=C/C=C/C=C/C(C)C(O)C(C)C(C)OC(=O)CC(O)CC(O)CCC(O)C(O)CC(O)CC3(O)CC(O)C(C(=O)O)C(C2)O3)C1O.CC1/C=C/C=C/C=C/C=C/C=C/C=C/C=C/C(OC2OC(C)C(O)C(N)C2O)CC2OC(O)(CC(O)CC(O)C(O)CCC(O)CC(O)CC(=O)OC(C)C(C)C1O)CC(O)C2C(=O)O. The number of carboxylic acids is 2. The Kier molecular flexibility index (Phi) is 54.8. The molecule has 776 valence electrons. The number of carboxylic acid groups (broad SMARTS) is 2. The summed E-state index contributed by atoms with van der Waals surface area (Å²) in [6.07, 6.45) is 5.52. The minimum Gasteiger partial charge on any atom is -0.481 e. The predicted molar refractivity (Wildman–Crippen MR) is 501 cm³/mol. The Balaban J connectivity index is 0.000000570. The normalized spacial score (nSPS) is 43.6. The first-order valence-electron chi connectivity index (χ1n) is 46.4. The number of esters is 2. The van der Waals surface area contributed by atoms with Crippen molar-refractivity contribution in [3.63, 3.8) is 0 Å². The molecule has 4 bridgehead atoms. The summed E-state index contributed by atoms with van der Waals surface area (Å²) < 4.78 is 51.5. The quantitative estimate of drug-likeness (QED) is 0.0896. The lowest BCUT2D eigenvalue weighted by molar-refractivity contribution is -0.310. The van der Waals surface area contributed by atoms with Crippen LogP contribution in [0, 0.1) is 35.5 Å². The number of cyclic esters (lactones) is 2. The highest BCUT2D eigenvalue weighted by molar-refractivity contribution is 5.73. The monoisotopic (exact) mass is 1950 g/mol. The van der Waals surface area contributed by atoms with Gasteiger partial charge in [0.15, 0.2) is 24.2 Å². The summed E-state index contributed by atoms with van der Waals surface area (Å²) in [6.45, 7) is 16.7. The highest BCUT2D eigenvalue weighted by Gasteiger charge is 2.54. The number of rotatable bonds is 9. The van der Waals surface area contributed by atoms with Gasteiger partial charge >= 0.3 is 30.0 Å². The van der Waals surface area contributed by atoms with Gasteiger partial charge in [0.1, 0.15) is 49.0 Å². The van der Waals surface area contributed by atoms with Crippen molar-refractivity contribution in [2.75, 3.05) is 6.61 Å². The molecule has 6 rings (SSSR count). The van der Waals surface area contributed by atoms with Crippen molar-refractivity contribution >= 4 is 30.0 Å². The van der Waals surface area contributed by atoms with E-state index in [1.807, 2.05) is 32.1 Å². The minimum absolute atomic E-state index is 0. The van der Waals surface area contributed by atoms with E-state index >= 15 is 0 Å². The second-order valence-corrected chi connectivity index (χ2v) is 36.1. The van der Waals surface area contributed by atoms with Crippen LogP contribution in [0.25, 0.3) is 0 Å². The van der Waals surface area contributed by atoms with E-state index in [0.717, 1.165) is 0 Å². The molecule has 25 N–H and O–H groups in total. The topological polar surface area (TPSA) is 652 Å². The van der Waals surface area contributed by atoms with Crippen LogP contribution in [0.3, 0.4) is 0 Å². The molecule has 6 aliphatic rings. The van der Waals surface area contributed by atoms with Gasteiger partial charge in [0, 0.05) is 75.0 Å². The zero-order valence-electron chi connectivity index (χ0n) is 78.4. The molecule has 0 aromatic heterocycles. The van der Waals surface area contributed by atoms with Gasteiger partial charge in [-0.25, -0.2) is 4.79 Å². The number of ether oxygens (including phenoxy) is 9. The predicted octanol–water partition coefficient (Wildman–Crippen LogP) is 3.01. The fraction of sp³-hybridized carbons (Fsp3) is 0.646. The molecular formula is C99H154N2O36. The van der Waals surface area contributed by atoms with Gasteiger partial charge in [0.25, 0.3) is 0 Å². The van der Waals surface area contributed by atoms with Gasteiger partial charge in [0.2, 0.25) is 0 Å². The molecule has 4 fully saturated rings. The summed E-state index contributed by atoms with van der Waals surface area (Å²) in [4.78, 5) is 62.8. The summed E-state index contributed by atoms with van der Waals surface area (Å²) in [5.41, 5.74) is 6.02. The Morgan fingerprint density at radius 3 is 1.07 bits per heavy atom. The maximum absolute atomic E-state index is 12.7. The molecular weight excluding hydrogens is 1790 g/mol. The molecule has 38 atom stereocenters. The highest BCUT2D eigenvalue weighted by Crippen LogP contribution is 2.41. The first-order valence-corrected chi connectivity index (χ1v) is 46.4. The van der Waals surface area contributed by atoms with Gasteiger partial charge in [0.05, 0.1) is 153 Å². The number of aliphatic hydroxyl groups is 20. The molecule has 137 heavy (non-hydrogen) atoms. The van der Waals surface area contributed by atoms with Crippen LogP contribution in [-0.4, -0.2) is 344 Å². The molecule has 6 aliphatic heterocycles. The van der Waals surface area contributed by atoms with E-state index in [-0.39, 0.29) is 70.8 Å². The molecule has 6 heterocycles. The van der Waals surface area contributed by atoms with Crippen molar-refractivity contribution in [1.82, 2.24) is 5.32 Å². The smallest absolute Gasteiger partial charge is 0.407 e. The number of nitrogens with one attached hydrogen (secondary N) is 1. The van der Waals surface area contributed by atoms with Crippen LogP contribution in [0.1, 0.15) is 166 Å². The molecule has 0 aliphatic carbocycles. The number of fused-ring (bicyclic) bond motifs is 4. The van der Waals surface area contributed by atoms with E-state index in [1.165, 1.54) is 38.2 Å². The maximum atomic E-state index is 12.7. The first-order chi connectivity index (χ1) is 64.2. The van der Waals surface area contributed by atoms with Crippen LogP contribution >= 0.6 is 0 Å². The number of nitrogens with two attached hydrogens (primary N) is 1. The zero-order chi connectivity index (χ0) is 101. The van der Waals surface area contributed by atoms with Crippen LogP contribution in [-0.2, 0) is 61.8 Å². The van der Waals surface area contributed by atoms with Crippen molar-refractivity contribution in [2.24, 2.45) is 41.2 Å². The molecule has 0 spiro atoms. The van der Waals surface area contributed by atoms with Gasteiger partial charge in [-0.1, -0.05) is 218 Å². The number of carbonyl (C=O) groups is 5. The van der Waals surface area contributed by atoms with E-state index in [4.69, 9.17) is 48.4 Å². The van der Waals surface area contributed by atoms with Crippen LogP contribution in [0.4, 0.5) is 4.79 Å². The standard InChI is InChI=1S/C51H77NO19.C47H73NO17.CH4/c1-6-23-67-50(65)52-44-46(61)33(5)69-49(47(44)62)70-37-20-18-16-14-12-10-8-7-9-11-13-15-17-19-30(2)45(60)31(3)32(4)68-42(59)26-35(54)24-34(53)21-22-38(56)39(57)25-36(55)28-51(66)29-40(58)43(48(63)64)41(27-37)71-51;1-27-17-15-13-11-9-7-5-6-8-10-12-14-16-18-34(64-46-44(58)41(48)43(57)30(4)63-46)24-38-40(45(59)60)37(54)26-47(61,65-38)25-33(51)22-36(53)35(52)20-19-31(49)21-32(50)23-39(55)62-29(3)28(2)42(27)56;/h6-20,30-41,43-47,49,53-58,60-62,66H,1,21-29H2,2-5H3,(H,52,65)(H,63,64);5-18,27-38,40-44,46,49-54,56-58,61H,19-26,48H2,1-4H3,(H,59,60);1H4/b8-7+,11-9+,12-10+,15-13+,16-14+,19-17+,20-18+;6-5+,9-7+,10-8+,13-11+,14-12+,17-15+,18-16+;. The fourth-order valence-corrected chi connectivity index (χ4v) is 16.4. The van der Waals surface area contributed by atoms with E-state index in [9.17, 15) is 136 Å². The summed E-state index contributed by atoms with van der Waals surface area (Å²) in [5, 5.41) is 240. The number of aliphatic hydroxyl groups excluding tert-OH is 18. The Labute approximate surface area is 801 Å². The molecule has 38 nitrogen and oxygen atoms in total. The third-order valence-electron chi connectivity index (χ3n) is 24.6. The molecule has 38 heteroatoms. The average Bonchev–Trinajstić information content (AvgIpc) is 0.785. The summed E-state index contributed by atoms with van der Waals surface area (Å²) in [7, 11) is 0. The van der Waals surface area contributed by atoms with Crippen LogP contribution in [0.5, 0.6) is 0 Å². The van der Waals surface area contributed by atoms with E-state index in [0.29, 0.717) is 0 Å². The summed E-state index contributed by atoms with van der Waals surface area (Å²) in [6, 6.07) is -2.51. The Bertz CT molecular complexity index is 4030. The van der Waals surface area contributed by atoms with E-state index in [1.54, 1.807) is 161 Å². The number of hydrogen-bond acceptors (Lipinski definition) is 35. The van der Waals surface area contributed by atoms with E-state index in [2.05, 4.69) is 11.9 Å². The lowest BCUT2D eigenvalue weighted by atomic mass is 9.82. The lowest BCUT2D eigenvalue weighted by Crippen LogP contribution is -2.64. The molecule has 4 saturated heterocycles. The van der Waals surface area contributed by atoms with Crippen molar-refractivity contribution in [1.29, 1.82) is 0 Å². The van der Waals surface area contributed by atoms with Gasteiger partial charge in [-0.2, -0.15) is 0 Å². The van der Waals surface area contributed by atoms with Crippen LogP contribution in [0.15, 0.2) is 183 Å². The number of alkyl carbamates (subject to hydrolysis) is 1. The van der Waals surface area contributed by atoms with E-state index < -0.39 is 306 Å². The molecule has 0 aromatic rings. The first kappa shape index (κ1) is 121. The van der Waals surface area contributed by atoms with Crippen molar-refractivity contribution in [2.45, 2.75) is 360 Å². The van der Waals surface area contributed by atoms with Crippen molar-refractivity contribution < 1.29 is 179 Å². The number of allylic oxidation sites excluding steroid dienone is 24. The lowest BCUT2D eigenvalue weighted by Gasteiger charge is -2.45. The number of aliphatic carboxylic acids is 2. The Hall–Kier alpha value is -7.83. The minimum atomic E-state index is -2.38. The second kappa shape index (κ2) is 61.8. The number of hydrogen-bond donors (Lipinski definition) is 24. The van der Waals surface area contributed by atoms with Gasteiger partial charge in [-0.05, 0) is 66.2 Å². The highest BCUT2D eigenvalue weighted by atomic mass is 16.7. The second-order valence-electron chi connectivity index (χ2n) is 36.1. The number of amides is 1. The average molecular weight is 1950 g/mol. The van der Waals surface area contributed by atoms with Crippen LogP contribution < -0.4 is 11.1 Å². The third kappa shape index (κ3) is 42.9. The molecule has 0 saturated carbocycles. The summed E-state index contributed by atoms with van der Waals surface area (Å²) >= 11 is 0. The molecule has 38 unspecified atom stereocenters. The molecule has 0 aromatic carbocycles. The fourth-order valence-electron chi connectivity index (χ4n) is 16.4. The molecule has 0 radical (unpaired) electrons.